The molecule has 2 amide bonds. The number of carbonyl (C=O) groups excluding carboxylic acids is 1. The Morgan fingerprint density at radius 3 is 2.64 bits per heavy atom. The first-order valence-electron chi connectivity index (χ1n) is 8.77. The summed E-state index contributed by atoms with van der Waals surface area (Å²) in [5.41, 5.74) is 2.13. The van der Waals surface area contributed by atoms with Crippen molar-refractivity contribution in [3.05, 3.63) is 65.2 Å². The van der Waals surface area contributed by atoms with Gasteiger partial charge < -0.3 is 16.0 Å². The molecular weight excluding hydrogens is 334 g/mol. The van der Waals surface area contributed by atoms with Crippen LogP contribution in [0, 0.1) is 5.92 Å². The van der Waals surface area contributed by atoms with Crippen LogP contribution >= 0.6 is 11.6 Å². The zero-order chi connectivity index (χ0) is 17.5. The number of amides is 2. The highest BCUT2D eigenvalue weighted by Crippen LogP contribution is 2.21. The van der Waals surface area contributed by atoms with Crippen molar-refractivity contribution in [3.63, 3.8) is 0 Å². The average Bonchev–Trinajstić information content (AvgIpc) is 2.63. The van der Waals surface area contributed by atoms with Gasteiger partial charge in [0.2, 0.25) is 0 Å². The van der Waals surface area contributed by atoms with Crippen LogP contribution in [0.15, 0.2) is 54.6 Å². The summed E-state index contributed by atoms with van der Waals surface area (Å²) in [6.45, 7) is 1.63. The van der Waals surface area contributed by atoms with E-state index in [0.717, 1.165) is 25.1 Å². The number of anilines is 1. The first-order valence-corrected chi connectivity index (χ1v) is 9.14. The molecule has 5 heteroatoms. The molecule has 1 fully saturated rings. The second-order valence-corrected chi connectivity index (χ2v) is 7.01. The summed E-state index contributed by atoms with van der Waals surface area (Å²) in [6.07, 6.45) is 3.37. The lowest BCUT2D eigenvalue weighted by Gasteiger charge is -2.30. The Bertz CT molecular complexity index is 675. The Morgan fingerprint density at radius 1 is 1.12 bits per heavy atom. The Hall–Kier alpha value is -2.04. The largest absolute Gasteiger partial charge is 0.336 e. The summed E-state index contributed by atoms with van der Waals surface area (Å²) in [7, 11) is 0. The van der Waals surface area contributed by atoms with Gasteiger partial charge in [-0.25, -0.2) is 4.79 Å². The second kappa shape index (κ2) is 8.88. The molecule has 1 saturated heterocycles. The number of hydrogen-bond donors (Lipinski definition) is 3. The summed E-state index contributed by atoms with van der Waals surface area (Å²) in [6, 6.07) is 17.8. The van der Waals surface area contributed by atoms with Crippen molar-refractivity contribution < 1.29 is 4.79 Å². The van der Waals surface area contributed by atoms with Crippen LogP contribution in [-0.2, 0) is 6.42 Å². The van der Waals surface area contributed by atoms with Crippen LogP contribution in [-0.4, -0.2) is 25.2 Å². The lowest BCUT2D eigenvalue weighted by atomic mass is 9.87. The van der Waals surface area contributed by atoms with E-state index in [1.165, 1.54) is 12.0 Å². The van der Waals surface area contributed by atoms with E-state index in [1.807, 2.05) is 0 Å². The molecule has 2 aromatic carbocycles. The zero-order valence-corrected chi connectivity index (χ0v) is 14.9. The molecular formula is C20H24ClN3O. The number of benzene rings is 2. The molecule has 3 rings (SSSR count). The summed E-state index contributed by atoms with van der Waals surface area (Å²) in [5.74, 6) is 0.662. The van der Waals surface area contributed by atoms with Crippen molar-refractivity contribution in [1.29, 1.82) is 0 Å². The molecule has 1 aliphatic heterocycles. The fourth-order valence-electron chi connectivity index (χ4n) is 3.31. The van der Waals surface area contributed by atoms with Gasteiger partial charge in [-0.3, -0.25) is 0 Å². The molecule has 132 valence electrons. The highest BCUT2D eigenvalue weighted by atomic mass is 35.5. The number of carbonyl (C=O) groups is 1. The van der Waals surface area contributed by atoms with Gasteiger partial charge in [-0.05, 0) is 61.6 Å². The predicted molar refractivity (Wildman–Crippen MR) is 103 cm³/mol. The van der Waals surface area contributed by atoms with Gasteiger partial charge in [0.1, 0.15) is 0 Å². The van der Waals surface area contributed by atoms with Crippen LogP contribution in [0.25, 0.3) is 0 Å². The van der Waals surface area contributed by atoms with E-state index >= 15 is 0 Å². The lowest BCUT2D eigenvalue weighted by Crippen LogP contribution is -2.47. The Morgan fingerprint density at radius 2 is 1.88 bits per heavy atom. The quantitative estimate of drug-likeness (QED) is 0.755. The summed E-state index contributed by atoms with van der Waals surface area (Å²) in [4.78, 5) is 12.0. The molecule has 0 radical (unpaired) electrons. The van der Waals surface area contributed by atoms with Crippen LogP contribution in [0.4, 0.5) is 10.5 Å². The molecule has 0 spiro atoms. The molecule has 1 aliphatic rings. The average molecular weight is 358 g/mol. The molecule has 0 aliphatic carbocycles. The molecule has 3 N–H and O–H groups in total. The summed E-state index contributed by atoms with van der Waals surface area (Å²) >= 11 is 5.85. The monoisotopic (exact) mass is 357 g/mol. The van der Waals surface area contributed by atoms with Crippen LogP contribution in [0.2, 0.25) is 5.02 Å². The third-order valence-corrected chi connectivity index (χ3v) is 4.83. The van der Waals surface area contributed by atoms with Crippen molar-refractivity contribution in [2.45, 2.75) is 25.3 Å². The fraction of sp³-hybridized carbons (Fsp3) is 0.350. The Balaban J connectivity index is 1.43. The number of halogens is 1. The number of urea groups is 1. The second-order valence-electron chi connectivity index (χ2n) is 6.57. The van der Waals surface area contributed by atoms with Crippen molar-refractivity contribution in [2.24, 2.45) is 5.92 Å². The summed E-state index contributed by atoms with van der Waals surface area (Å²) in [5, 5.41) is 9.93. The van der Waals surface area contributed by atoms with E-state index in [4.69, 9.17) is 11.6 Å². The number of hydrogen-bond acceptors (Lipinski definition) is 2. The fourth-order valence-corrected chi connectivity index (χ4v) is 3.43. The number of piperidine rings is 1. The Labute approximate surface area is 154 Å². The van der Waals surface area contributed by atoms with Gasteiger partial charge in [0.25, 0.3) is 0 Å². The van der Waals surface area contributed by atoms with Gasteiger partial charge in [0.15, 0.2) is 0 Å². The van der Waals surface area contributed by atoms with Crippen LogP contribution in [0.5, 0.6) is 0 Å². The first-order chi connectivity index (χ1) is 12.2. The molecule has 0 bridgehead atoms. The van der Waals surface area contributed by atoms with Crippen molar-refractivity contribution >= 4 is 23.3 Å². The minimum Gasteiger partial charge on any atom is -0.336 e. The third-order valence-electron chi connectivity index (χ3n) is 4.58. The zero-order valence-electron chi connectivity index (χ0n) is 14.2. The number of nitrogens with one attached hydrogen (secondary N) is 3. The van der Waals surface area contributed by atoms with E-state index in [2.05, 4.69) is 46.3 Å². The van der Waals surface area contributed by atoms with E-state index in [1.54, 1.807) is 24.3 Å². The highest BCUT2D eigenvalue weighted by Gasteiger charge is 2.22. The molecule has 2 atom stereocenters. The maximum Gasteiger partial charge on any atom is 0.319 e. The van der Waals surface area contributed by atoms with E-state index in [9.17, 15) is 4.79 Å². The lowest BCUT2D eigenvalue weighted by molar-refractivity contribution is 0.246. The van der Waals surface area contributed by atoms with Crippen LogP contribution in [0.1, 0.15) is 18.4 Å². The molecule has 0 saturated carbocycles. The van der Waals surface area contributed by atoms with Crippen molar-refractivity contribution in [1.82, 2.24) is 10.6 Å². The molecule has 25 heavy (non-hydrogen) atoms. The van der Waals surface area contributed by atoms with Gasteiger partial charge in [-0.1, -0.05) is 41.9 Å². The molecule has 2 aromatic rings. The van der Waals surface area contributed by atoms with E-state index in [-0.39, 0.29) is 6.03 Å². The molecule has 4 nitrogen and oxygen atoms in total. The maximum absolute atomic E-state index is 12.0. The van der Waals surface area contributed by atoms with Gasteiger partial charge in [-0.15, -0.1) is 0 Å². The minimum absolute atomic E-state index is 0.186. The van der Waals surface area contributed by atoms with Gasteiger partial charge >= 0.3 is 6.03 Å². The van der Waals surface area contributed by atoms with Crippen LogP contribution in [0.3, 0.4) is 0 Å². The number of rotatable bonds is 5. The van der Waals surface area contributed by atoms with Crippen molar-refractivity contribution in [3.8, 4) is 0 Å². The third kappa shape index (κ3) is 5.76. The summed E-state index contributed by atoms with van der Waals surface area (Å²) < 4.78 is 0. The molecule has 1 heterocycles. The Kier molecular flexibility index (Phi) is 6.31. The SMILES string of the molecule is O=C(NC[C@@H]1C[C@@H](Cc2ccccc2)CCN1)Nc1ccc(Cl)cc1. The van der Waals surface area contributed by atoms with Gasteiger partial charge in [0.05, 0.1) is 0 Å². The minimum atomic E-state index is -0.186. The van der Waals surface area contributed by atoms with Gasteiger partial charge in [-0.2, -0.15) is 0 Å². The van der Waals surface area contributed by atoms with E-state index in [0.29, 0.717) is 23.5 Å². The highest BCUT2D eigenvalue weighted by molar-refractivity contribution is 6.30. The predicted octanol–water partition coefficient (Wildman–Crippen LogP) is 4.07. The van der Waals surface area contributed by atoms with E-state index < -0.39 is 0 Å². The van der Waals surface area contributed by atoms with Crippen LogP contribution < -0.4 is 16.0 Å². The van der Waals surface area contributed by atoms with Crippen molar-refractivity contribution in [2.75, 3.05) is 18.4 Å². The smallest absolute Gasteiger partial charge is 0.319 e. The normalized spacial score (nSPS) is 20.0. The first kappa shape index (κ1) is 17.8. The molecule has 0 unspecified atom stereocenters. The van der Waals surface area contributed by atoms with Gasteiger partial charge in [0, 0.05) is 23.3 Å². The topological polar surface area (TPSA) is 53.2 Å². The maximum atomic E-state index is 12.0. The standard InChI is InChI=1S/C20H24ClN3O/c21-17-6-8-18(9-7-17)24-20(25)23-14-19-13-16(10-11-22-19)12-15-4-2-1-3-5-15/h1-9,16,19,22H,10-14H2,(H2,23,24,25)/t16-,19+/m1/s1. The molecule has 0 aromatic heterocycles.